The first-order valence-corrected chi connectivity index (χ1v) is 12.6. The van der Waals surface area contributed by atoms with Crippen molar-refractivity contribution in [2.45, 2.75) is 57.3 Å². The molecular weight excluding hydrogens is 565 g/mol. The molecule has 0 radical (unpaired) electrons. The number of nitrogens with one attached hydrogen (secondary N) is 2. The predicted molar refractivity (Wildman–Crippen MR) is 134 cm³/mol. The van der Waals surface area contributed by atoms with Crippen molar-refractivity contribution >= 4 is 40.9 Å². The summed E-state index contributed by atoms with van der Waals surface area (Å²) in [4.78, 5) is 50.7. The van der Waals surface area contributed by atoms with E-state index in [1.165, 1.54) is 18.2 Å². The van der Waals surface area contributed by atoms with Crippen molar-refractivity contribution in [3.05, 3.63) is 29.3 Å². The van der Waals surface area contributed by atoms with Crippen molar-refractivity contribution in [1.82, 2.24) is 15.1 Å². The van der Waals surface area contributed by atoms with E-state index in [9.17, 15) is 46.4 Å². The Kier molecular flexibility index (Phi) is 10.9. The molecule has 1 saturated heterocycles. The van der Waals surface area contributed by atoms with Crippen LogP contribution in [-0.2, 0) is 19.2 Å². The number of nitrogens with zero attached hydrogens (tertiary/aromatic N) is 3. The van der Waals surface area contributed by atoms with Gasteiger partial charge in [0.05, 0.1) is 18.5 Å². The number of benzene rings is 1. The van der Waals surface area contributed by atoms with E-state index in [-0.39, 0.29) is 13.0 Å². The Morgan fingerprint density at radius 3 is 2.17 bits per heavy atom. The van der Waals surface area contributed by atoms with Crippen LogP contribution in [0.15, 0.2) is 24.3 Å². The van der Waals surface area contributed by atoms with E-state index in [0.717, 1.165) is 24.8 Å². The quantitative estimate of drug-likeness (QED) is 0.468. The molecule has 15 heteroatoms. The summed E-state index contributed by atoms with van der Waals surface area (Å²) in [7, 11) is 1.06. The molecule has 0 aromatic heterocycles. The zero-order valence-corrected chi connectivity index (χ0v) is 22.7. The molecule has 1 aromatic rings. The molecule has 0 bridgehead atoms. The van der Waals surface area contributed by atoms with Crippen molar-refractivity contribution in [2.24, 2.45) is 11.8 Å². The van der Waals surface area contributed by atoms with Gasteiger partial charge in [0.2, 0.25) is 17.7 Å². The number of hydrogen-bond donors (Lipinski definition) is 2. The number of likely N-dealkylation sites (tertiary alicyclic amines) is 1. The Morgan fingerprint density at radius 1 is 1.15 bits per heavy atom. The Morgan fingerprint density at radius 2 is 1.70 bits per heavy atom. The second kappa shape index (κ2) is 13.3. The molecule has 2 N–H and O–H groups in total. The molecule has 2 fully saturated rings. The Balaban J connectivity index is 0.00000128. The Labute approximate surface area is 232 Å². The smallest absolute Gasteiger partial charge is 0.339 e. The van der Waals surface area contributed by atoms with Crippen molar-refractivity contribution in [1.29, 1.82) is 5.26 Å². The fourth-order valence-corrected chi connectivity index (χ4v) is 3.67. The molecule has 1 aliphatic carbocycles. The SMILES string of the molecule is CC(NC(=O)C(F)(F)C(F)(F)F)C(=O)N(C)CC(=O)N1CC(C(=O)Nc2ccc(Cl)cc2)CC1C#N.CC1CC1. The van der Waals surface area contributed by atoms with Crippen LogP contribution in [0, 0.1) is 23.2 Å². The van der Waals surface area contributed by atoms with Crippen molar-refractivity contribution in [3.63, 3.8) is 0 Å². The summed E-state index contributed by atoms with van der Waals surface area (Å²) in [5.41, 5.74) is 0.445. The van der Waals surface area contributed by atoms with Crippen LogP contribution >= 0.6 is 11.6 Å². The first-order valence-electron chi connectivity index (χ1n) is 12.2. The van der Waals surface area contributed by atoms with E-state index in [4.69, 9.17) is 11.6 Å². The van der Waals surface area contributed by atoms with Crippen molar-refractivity contribution < 1.29 is 41.1 Å². The molecule has 3 unspecified atom stereocenters. The third-order valence-corrected chi connectivity index (χ3v) is 6.48. The normalized spacial score (nSPS) is 19.4. The predicted octanol–water partition coefficient (Wildman–Crippen LogP) is 3.60. The number of amides is 4. The monoisotopic (exact) mass is 593 g/mol. The van der Waals surface area contributed by atoms with Gasteiger partial charge in [0.25, 0.3) is 0 Å². The first kappa shape index (κ1) is 32.7. The number of likely N-dealkylation sites (N-methyl/N-ethyl adjacent to an activating group) is 1. The van der Waals surface area contributed by atoms with Gasteiger partial charge in [-0.25, -0.2) is 0 Å². The fourth-order valence-electron chi connectivity index (χ4n) is 3.55. The average Bonchev–Trinajstić information content (AvgIpc) is 3.53. The summed E-state index contributed by atoms with van der Waals surface area (Å²) in [6, 6.07) is 5.31. The van der Waals surface area contributed by atoms with Crippen LogP contribution in [0.5, 0.6) is 0 Å². The maximum absolute atomic E-state index is 13.1. The summed E-state index contributed by atoms with van der Waals surface area (Å²) >= 11 is 5.79. The molecule has 1 heterocycles. The van der Waals surface area contributed by atoms with Crippen molar-refractivity contribution in [3.8, 4) is 6.07 Å². The number of alkyl halides is 5. The molecule has 220 valence electrons. The average molecular weight is 594 g/mol. The maximum Gasteiger partial charge on any atom is 0.463 e. The highest BCUT2D eigenvalue weighted by Crippen LogP contribution is 2.35. The topological polar surface area (TPSA) is 123 Å². The first-order chi connectivity index (χ1) is 18.5. The van der Waals surface area contributed by atoms with E-state index >= 15 is 0 Å². The molecule has 3 atom stereocenters. The van der Waals surface area contributed by atoms with Crippen LogP contribution < -0.4 is 10.6 Å². The van der Waals surface area contributed by atoms with Crippen LogP contribution in [0.2, 0.25) is 5.02 Å². The third-order valence-electron chi connectivity index (χ3n) is 6.23. The van der Waals surface area contributed by atoms with E-state index in [2.05, 4.69) is 12.2 Å². The van der Waals surface area contributed by atoms with Gasteiger partial charge < -0.3 is 20.4 Å². The molecule has 3 rings (SSSR count). The van der Waals surface area contributed by atoms with Gasteiger partial charge >= 0.3 is 18.0 Å². The lowest BCUT2D eigenvalue weighted by atomic mass is 10.1. The van der Waals surface area contributed by atoms with Gasteiger partial charge in [-0.05, 0) is 43.5 Å². The number of nitriles is 1. The fraction of sp³-hybridized carbons (Fsp3) is 0.560. The van der Waals surface area contributed by atoms with Gasteiger partial charge in [-0.2, -0.15) is 27.2 Å². The number of halogens is 6. The number of carbonyl (C=O) groups is 4. The molecule has 1 aromatic carbocycles. The van der Waals surface area contributed by atoms with Crippen LogP contribution in [0.3, 0.4) is 0 Å². The number of anilines is 1. The summed E-state index contributed by atoms with van der Waals surface area (Å²) in [5, 5.41) is 13.8. The Hall–Kier alpha value is -3.47. The van der Waals surface area contributed by atoms with Gasteiger partial charge in [0, 0.05) is 24.3 Å². The third kappa shape index (κ3) is 8.77. The number of hydrogen-bond acceptors (Lipinski definition) is 5. The van der Waals surface area contributed by atoms with Crippen LogP contribution in [0.1, 0.15) is 33.1 Å². The maximum atomic E-state index is 13.1. The van der Waals surface area contributed by atoms with Crippen molar-refractivity contribution in [2.75, 3.05) is 25.5 Å². The molecule has 0 spiro atoms. The highest BCUT2D eigenvalue weighted by molar-refractivity contribution is 6.30. The lowest BCUT2D eigenvalue weighted by Crippen LogP contribution is -2.56. The van der Waals surface area contributed by atoms with Gasteiger partial charge in [-0.15, -0.1) is 0 Å². The lowest BCUT2D eigenvalue weighted by molar-refractivity contribution is -0.270. The minimum atomic E-state index is -6.15. The highest BCUT2D eigenvalue weighted by atomic mass is 35.5. The minimum absolute atomic E-state index is 0.0122. The molecule has 1 saturated carbocycles. The molecular formula is C25H29ClF5N5O4. The van der Waals surface area contributed by atoms with Gasteiger partial charge in [-0.3, -0.25) is 19.2 Å². The zero-order valence-electron chi connectivity index (χ0n) is 21.9. The Bertz CT molecular complexity index is 1140. The minimum Gasteiger partial charge on any atom is -0.339 e. The van der Waals surface area contributed by atoms with E-state index in [1.54, 1.807) is 24.3 Å². The molecule has 9 nitrogen and oxygen atoms in total. The molecule has 40 heavy (non-hydrogen) atoms. The number of carbonyl (C=O) groups excluding carboxylic acids is 4. The molecule has 2 aliphatic rings. The van der Waals surface area contributed by atoms with Crippen LogP contribution in [0.4, 0.5) is 27.6 Å². The van der Waals surface area contributed by atoms with Gasteiger partial charge in [-0.1, -0.05) is 31.4 Å². The molecule has 1 aliphatic heterocycles. The standard InChI is InChI=1S/C21H21ClF5N5O4.C4H8/c1-11(29-19(36)20(23,24)21(25,26)27)18(35)31(2)10-16(33)32-9-12(7-15(32)8-28)17(34)30-14-5-3-13(22)4-6-14;1-4-2-3-4/h3-6,11-12,15H,7,9-10H2,1-2H3,(H,29,36)(H,30,34);4H,2-3H2,1H3. The van der Waals surface area contributed by atoms with E-state index in [1.807, 2.05) is 6.07 Å². The zero-order chi connectivity index (χ0) is 30.4. The van der Waals surface area contributed by atoms with Gasteiger partial charge in [0.1, 0.15) is 12.1 Å². The summed E-state index contributed by atoms with van der Waals surface area (Å²) < 4.78 is 63.2. The summed E-state index contributed by atoms with van der Waals surface area (Å²) in [6.45, 7) is 2.32. The lowest BCUT2D eigenvalue weighted by Gasteiger charge is -2.26. The number of rotatable bonds is 7. The van der Waals surface area contributed by atoms with E-state index in [0.29, 0.717) is 15.6 Å². The second-order valence-electron chi connectivity index (χ2n) is 9.76. The van der Waals surface area contributed by atoms with Crippen LogP contribution in [-0.4, -0.2) is 77.7 Å². The highest BCUT2D eigenvalue weighted by Gasteiger charge is 2.63. The molecule has 4 amide bonds. The second-order valence-corrected chi connectivity index (χ2v) is 10.2. The summed E-state index contributed by atoms with van der Waals surface area (Å²) in [5.74, 6) is -10.4. The van der Waals surface area contributed by atoms with E-state index < -0.39 is 60.3 Å². The largest absolute Gasteiger partial charge is 0.463 e. The van der Waals surface area contributed by atoms with Gasteiger partial charge in [0.15, 0.2) is 0 Å². The van der Waals surface area contributed by atoms with Crippen LogP contribution in [0.25, 0.3) is 0 Å². The summed E-state index contributed by atoms with van der Waals surface area (Å²) in [6.07, 6.45) is -3.17.